The smallest absolute Gasteiger partial charge is 0.138 e. The van der Waals surface area contributed by atoms with Crippen molar-refractivity contribution in [1.82, 2.24) is 4.90 Å². The Morgan fingerprint density at radius 2 is 1.94 bits per heavy atom. The summed E-state index contributed by atoms with van der Waals surface area (Å²) >= 11 is 0. The molecule has 0 aliphatic carbocycles. The highest BCUT2D eigenvalue weighted by Crippen LogP contribution is 2.19. The average Bonchev–Trinajstić information content (AvgIpc) is 2.30. The van der Waals surface area contributed by atoms with Crippen molar-refractivity contribution in [3.63, 3.8) is 0 Å². The molecule has 0 bridgehead atoms. The predicted molar refractivity (Wildman–Crippen MR) is 65.0 cm³/mol. The van der Waals surface area contributed by atoms with Crippen LogP contribution in [0.3, 0.4) is 0 Å². The van der Waals surface area contributed by atoms with Gasteiger partial charge in [0.15, 0.2) is 0 Å². The SMILES string of the molecule is CCC1CN(Cc2cc(F)cc(F)c2)CCC1=O. The monoisotopic (exact) mass is 253 g/mol. The van der Waals surface area contributed by atoms with Crippen molar-refractivity contribution in [2.45, 2.75) is 26.3 Å². The third-order valence-corrected chi connectivity index (χ3v) is 3.43. The molecule has 0 spiro atoms. The molecule has 2 rings (SSSR count). The van der Waals surface area contributed by atoms with Gasteiger partial charge in [-0.3, -0.25) is 9.69 Å². The number of benzene rings is 1. The molecule has 0 saturated carbocycles. The topological polar surface area (TPSA) is 20.3 Å². The largest absolute Gasteiger partial charge is 0.299 e. The summed E-state index contributed by atoms with van der Waals surface area (Å²) in [6.07, 6.45) is 1.36. The lowest BCUT2D eigenvalue weighted by atomic mass is 9.94. The molecule has 4 heteroatoms. The van der Waals surface area contributed by atoms with Gasteiger partial charge in [0.1, 0.15) is 17.4 Å². The maximum Gasteiger partial charge on any atom is 0.138 e. The molecule has 1 atom stereocenters. The Bertz CT molecular complexity index is 427. The first kappa shape index (κ1) is 13.1. The molecule has 0 amide bonds. The van der Waals surface area contributed by atoms with Gasteiger partial charge in [0.2, 0.25) is 0 Å². The minimum Gasteiger partial charge on any atom is -0.299 e. The molecule has 0 radical (unpaired) electrons. The van der Waals surface area contributed by atoms with Gasteiger partial charge in [0.25, 0.3) is 0 Å². The molecule has 1 aromatic carbocycles. The van der Waals surface area contributed by atoms with Crippen LogP contribution in [0.25, 0.3) is 0 Å². The van der Waals surface area contributed by atoms with Crippen molar-refractivity contribution in [2.75, 3.05) is 13.1 Å². The molecule has 1 saturated heterocycles. The zero-order valence-electron chi connectivity index (χ0n) is 10.5. The van der Waals surface area contributed by atoms with Crippen molar-refractivity contribution in [3.05, 3.63) is 35.4 Å². The van der Waals surface area contributed by atoms with Crippen molar-refractivity contribution >= 4 is 5.78 Å². The quantitative estimate of drug-likeness (QED) is 0.825. The van der Waals surface area contributed by atoms with Gasteiger partial charge < -0.3 is 0 Å². The number of nitrogens with zero attached hydrogens (tertiary/aromatic N) is 1. The number of hydrogen-bond donors (Lipinski definition) is 0. The summed E-state index contributed by atoms with van der Waals surface area (Å²) in [6, 6.07) is 3.57. The van der Waals surface area contributed by atoms with Crippen molar-refractivity contribution in [3.8, 4) is 0 Å². The summed E-state index contributed by atoms with van der Waals surface area (Å²) in [6.45, 7) is 3.85. The van der Waals surface area contributed by atoms with E-state index < -0.39 is 11.6 Å². The van der Waals surface area contributed by atoms with Crippen molar-refractivity contribution < 1.29 is 13.6 Å². The van der Waals surface area contributed by atoms with Crippen molar-refractivity contribution in [2.24, 2.45) is 5.92 Å². The van der Waals surface area contributed by atoms with E-state index in [1.165, 1.54) is 12.1 Å². The highest BCUT2D eigenvalue weighted by Gasteiger charge is 2.25. The standard InChI is InChI=1S/C14H17F2NO/c1-2-11-9-17(4-3-14(11)18)8-10-5-12(15)7-13(16)6-10/h5-7,11H,2-4,8-9H2,1H3. The van der Waals surface area contributed by atoms with E-state index in [-0.39, 0.29) is 5.92 Å². The Kier molecular flexibility index (Phi) is 4.07. The van der Waals surface area contributed by atoms with E-state index in [4.69, 9.17) is 0 Å². The number of carbonyl (C=O) groups excluding carboxylic acids is 1. The number of Topliss-reactive ketones (excluding diaryl/α,β-unsaturated/α-hetero) is 1. The van der Waals surface area contributed by atoms with Crippen LogP contribution in [-0.4, -0.2) is 23.8 Å². The molecule has 1 aromatic rings. The first-order valence-corrected chi connectivity index (χ1v) is 6.28. The lowest BCUT2D eigenvalue weighted by Gasteiger charge is -2.31. The third kappa shape index (κ3) is 3.13. The van der Waals surface area contributed by atoms with Crippen LogP contribution in [-0.2, 0) is 11.3 Å². The van der Waals surface area contributed by atoms with Gasteiger partial charge in [-0.15, -0.1) is 0 Å². The summed E-state index contributed by atoms with van der Waals surface area (Å²) in [5, 5.41) is 0. The Morgan fingerprint density at radius 3 is 2.56 bits per heavy atom. The Balaban J connectivity index is 2.03. The predicted octanol–water partition coefficient (Wildman–Crippen LogP) is 2.77. The Hall–Kier alpha value is -1.29. The number of ketones is 1. The lowest BCUT2D eigenvalue weighted by molar-refractivity contribution is -0.126. The summed E-state index contributed by atoms with van der Waals surface area (Å²) < 4.78 is 26.1. The summed E-state index contributed by atoms with van der Waals surface area (Å²) in [4.78, 5) is 13.7. The molecule has 1 heterocycles. The number of halogens is 2. The minimum absolute atomic E-state index is 0.0668. The third-order valence-electron chi connectivity index (χ3n) is 3.43. The fourth-order valence-electron chi connectivity index (χ4n) is 2.44. The Morgan fingerprint density at radius 1 is 1.28 bits per heavy atom. The van der Waals surface area contributed by atoms with Crippen LogP contribution in [0.1, 0.15) is 25.3 Å². The summed E-state index contributed by atoms with van der Waals surface area (Å²) in [5.74, 6) is -0.730. The molecular weight excluding hydrogens is 236 g/mol. The van der Waals surface area contributed by atoms with Gasteiger partial charge in [0, 0.05) is 38.0 Å². The first-order chi connectivity index (χ1) is 8.58. The van der Waals surface area contributed by atoms with E-state index in [0.717, 1.165) is 12.5 Å². The molecule has 0 aromatic heterocycles. The van der Waals surface area contributed by atoms with Crippen molar-refractivity contribution in [1.29, 1.82) is 0 Å². The molecule has 2 nitrogen and oxygen atoms in total. The number of likely N-dealkylation sites (tertiary alicyclic amines) is 1. The molecule has 1 aliphatic heterocycles. The second kappa shape index (κ2) is 5.57. The molecule has 1 fully saturated rings. The van der Waals surface area contributed by atoms with Gasteiger partial charge in [-0.05, 0) is 24.1 Å². The fourth-order valence-corrected chi connectivity index (χ4v) is 2.44. The highest BCUT2D eigenvalue weighted by atomic mass is 19.1. The molecule has 98 valence electrons. The van der Waals surface area contributed by atoms with Gasteiger partial charge in [-0.1, -0.05) is 6.92 Å². The van der Waals surface area contributed by atoms with Gasteiger partial charge in [-0.25, -0.2) is 8.78 Å². The molecule has 0 N–H and O–H groups in total. The maximum absolute atomic E-state index is 13.1. The van der Waals surface area contributed by atoms with E-state index in [1.807, 2.05) is 6.92 Å². The van der Waals surface area contributed by atoms with Gasteiger partial charge in [0.05, 0.1) is 0 Å². The normalized spacial score (nSPS) is 21.3. The summed E-state index contributed by atoms with van der Waals surface area (Å²) in [5.41, 5.74) is 0.622. The second-order valence-electron chi connectivity index (χ2n) is 4.83. The van der Waals surface area contributed by atoms with E-state index in [9.17, 15) is 13.6 Å². The van der Waals surface area contributed by atoms with Crippen LogP contribution in [0, 0.1) is 17.6 Å². The number of rotatable bonds is 3. The molecule has 1 aliphatic rings. The molecule has 1 unspecified atom stereocenters. The van der Waals surface area contributed by atoms with Gasteiger partial charge >= 0.3 is 0 Å². The number of hydrogen-bond acceptors (Lipinski definition) is 2. The maximum atomic E-state index is 13.1. The lowest BCUT2D eigenvalue weighted by Crippen LogP contribution is -2.40. The molecule has 18 heavy (non-hydrogen) atoms. The van der Waals surface area contributed by atoms with Crippen LogP contribution in [0.2, 0.25) is 0 Å². The minimum atomic E-state index is -0.551. The van der Waals surface area contributed by atoms with E-state index in [1.54, 1.807) is 0 Å². The fraction of sp³-hybridized carbons (Fsp3) is 0.500. The van der Waals surface area contributed by atoms with Crippen LogP contribution in [0.15, 0.2) is 18.2 Å². The van der Waals surface area contributed by atoms with E-state index in [2.05, 4.69) is 4.90 Å². The zero-order valence-corrected chi connectivity index (χ0v) is 10.5. The Labute approximate surface area is 106 Å². The number of carbonyl (C=O) groups is 1. The van der Waals surface area contributed by atoms with Crippen LogP contribution < -0.4 is 0 Å². The van der Waals surface area contributed by atoms with E-state index >= 15 is 0 Å². The first-order valence-electron chi connectivity index (χ1n) is 6.28. The summed E-state index contributed by atoms with van der Waals surface area (Å²) in [7, 11) is 0. The zero-order chi connectivity index (χ0) is 13.1. The highest BCUT2D eigenvalue weighted by molar-refractivity contribution is 5.82. The second-order valence-corrected chi connectivity index (χ2v) is 4.83. The van der Waals surface area contributed by atoms with Crippen LogP contribution in [0.5, 0.6) is 0 Å². The average molecular weight is 253 g/mol. The molecular formula is C14H17F2NO. The number of piperidine rings is 1. The van der Waals surface area contributed by atoms with Crippen LogP contribution >= 0.6 is 0 Å². The van der Waals surface area contributed by atoms with Gasteiger partial charge in [-0.2, -0.15) is 0 Å². The van der Waals surface area contributed by atoms with E-state index in [0.29, 0.717) is 37.4 Å². The van der Waals surface area contributed by atoms with Crippen LogP contribution in [0.4, 0.5) is 8.78 Å².